The first kappa shape index (κ1) is 41.0. The second-order valence-electron chi connectivity index (χ2n) is 17.8. The second-order valence-corrected chi connectivity index (χ2v) is 24.2. The van der Waals surface area contributed by atoms with Gasteiger partial charge in [0.05, 0.1) is 26.9 Å². The molecule has 3 aliphatic rings. The number of aromatic nitrogens is 5. The summed E-state index contributed by atoms with van der Waals surface area (Å²) in [5, 5.41) is 7.13. The number of hydrogen-bond acceptors (Lipinski definition) is 9. The molecule has 0 bridgehead atoms. The normalized spacial score (nSPS) is 19.1. The van der Waals surface area contributed by atoms with Gasteiger partial charge in [0.2, 0.25) is 0 Å². The SMILES string of the molecule is CC(Oc1ccc2c(c1)c(-c1nc3c(n1COCC[Si](C)(C)C)CN(CC1CCN(C(=O)OC(C)(C)C)CC1)C3)nn2C1CCCCO1)c1c(Cl)cncc1Cl. The molecule has 2 unspecified atom stereocenters. The van der Waals surface area contributed by atoms with E-state index in [9.17, 15) is 4.79 Å². The number of rotatable bonds is 12. The van der Waals surface area contributed by atoms with Crippen LogP contribution in [0.25, 0.3) is 22.4 Å². The maximum atomic E-state index is 12.7. The Kier molecular flexibility index (Phi) is 12.4. The van der Waals surface area contributed by atoms with Gasteiger partial charge in [-0.25, -0.2) is 14.5 Å². The van der Waals surface area contributed by atoms with Crippen LogP contribution < -0.4 is 4.74 Å². The first-order chi connectivity index (χ1) is 26.6. The number of fused-ring (bicyclic) bond motifs is 2. The quantitative estimate of drug-likeness (QED) is 0.102. The molecule has 6 heterocycles. The highest BCUT2D eigenvalue weighted by molar-refractivity contribution is 6.76. The van der Waals surface area contributed by atoms with E-state index in [1.165, 1.54) is 5.69 Å². The van der Waals surface area contributed by atoms with Gasteiger partial charge in [0.25, 0.3) is 0 Å². The minimum Gasteiger partial charge on any atom is -0.486 e. The van der Waals surface area contributed by atoms with Crippen molar-refractivity contribution >= 4 is 48.3 Å². The summed E-state index contributed by atoms with van der Waals surface area (Å²) in [7, 11) is -1.30. The van der Waals surface area contributed by atoms with E-state index in [1.54, 1.807) is 12.4 Å². The zero-order valence-electron chi connectivity index (χ0n) is 33.9. The average Bonchev–Trinajstić information content (AvgIpc) is 3.80. The smallest absolute Gasteiger partial charge is 0.410 e. The summed E-state index contributed by atoms with van der Waals surface area (Å²) in [6.45, 7) is 20.5. The Balaban J connectivity index is 1.17. The Morgan fingerprint density at radius 1 is 1.05 bits per heavy atom. The Morgan fingerprint density at radius 2 is 1.80 bits per heavy atom. The Morgan fingerprint density at radius 3 is 2.48 bits per heavy atom. The second kappa shape index (κ2) is 17.0. The summed E-state index contributed by atoms with van der Waals surface area (Å²) >= 11 is 13.0. The highest BCUT2D eigenvalue weighted by atomic mass is 35.5. The van der Waals surface area contributed by atoms with E-state index >= 15 is 0 Å². The van der Waals surface area contributed by atoms with E-state index in [2.05, 4.69) is 40.2 Å². The molecule has 4 aromatic rings. The number of piperidine rings is 1. The predicted molar refractivity (Wildman–Crippen MR) is 222 cm³/mol. The minimum atomic E-state index is -1.30. The van der Waals surface area contributed by atoms with Crippen LogP contribution in [0.15, 0.2) is 30.6 Å². The Labute approximate surface area is 341 Å². The summed E-state index contributed by atoms with van der Waals surface area (Å²) in [4.78, 5) is 26.5. The van der Waals surface area contributed by atoms with E-state index in [1.807, 2.05) is 49.4 Å². The number of pyridine rings is 1. The van der Waals surface area contributed by atoms with Gasteiger partial charge in [-0.3, -0.25) is 9.88 Å². The van der Waals surface area contributed by atoms with Crippen molar-refractivity contribution in [3.05, 3.63) is 57.6 Å². The van der Waals surface area contributed by atoms with E-state index in [0.29, 0.717) is 60.3 Å². The van der Waals surface area contributed by atoms with Gasteiger partial charge in [-0.15, -0.1) is 0 Å². The van der Waals surface area contributed by atoms with Crippen molar-refractivity contribution in [2.75, 3.05) is 32.8 Å². The number of carbonyl (C=O) groups is 1. The molecule has 3 aliphatic heterocycles. The third-order valence-electron chi connectivity index (χ3n) is 10.8. The highest BCUT2D eigenvalue weighted by Crippen LogP contribution is 2.39. The molecular formula is C41H57Cl2N7O5Si. The lowest BCUT2D eigenvalue weighted by Gasteiger charge is -2.34. The molecule has 0 N–H and O–H groups in total. The summed E-state index contributed by atoms with van der Waals surface area (Å²) in [5.41, 5.74) is 4.15. The van der Waals surface area contributed by atoms with E-state index < -0.39 is 19.8 Å². The molecule has 15 heteroatoms. The van der Waals surface area contributed by atoms with Crippen molar-refractivity contribution in [1.29, 1.82) is 0 Å². The van der Waals surface area contributed by atoms with Crippen LogP contribution in [0, 0.1) is 5.92 Å². The number of ether oxygens (including phenoxy) is 4. The number of benzene rings is 1. The number of nitrogens with zero attached hydrogens (tertiary/aromatic N) is 7. The van der Waals surface area contributed by atoms with Gasteiger partial charge in [0, 0.05) is 77.4 Å². The molecule has 2 atom stereocenters. The zero-order valence-corrected chi connectivity index (χ0v) is 36.5. The molecule has 0 spiro atoms. The topological polar surface area (TPSA) is 109 Å². The van der Waals surface area contributed by atoms with Gasteiger partial charge in [0.15, 0.2) is 12.1 Å². The van der Waals surface area contributed by atoms with Gasteiger partial charge >= 0.3 is 6.09 Å². The molecule has 0 saturated carbocycles. The largest absolute Gasteiger partial charge is 0.486 e. The van der Waals surface area contributed by atoms with Crippen LogP contribution in [0.4, 0.5) is 4.79 Å². The van der Waals surface area contributed by atoms with Gasteiger partial charge in [-0.2, -0.15) is 5.10 Å². The summed E-state index contributed by atoms with van der Waals surface area (Å²) in [5.74, 6) is 1.95. The molecule has 2 fully saturated rings. The van der Waals surface area contributed by atoms with Crippen LogP contribution in [0.1, 0.15) is 89.1 Å². The van der Waals surface area contributed by atoms with Crippen molar-refractivity contribution in [2.24, 2.45) is 5.92 Å². The lowest BCUT2D eigenvalue weighted by molar-refractivity contribution is -0.0365. The number of carbonyl (C=O) groups excluding carboxylic acids is 1. The van der Waals surface area contributed by atoms with Gasteiger partial charge in [-0.05, 0) is 90.0 Å². The lowest BCUT2D eigenvalue weighted by atomic mass is 9.96. The van der Waals surface area contributed by atoms with Crippen molar-refractivity contribution < 1.29 is 23.7 Å². The summed E-state index contributed by atoms with van der Waals surface area (Å²) < 4.78 is 29.1. The maximum absolute atomic E-state index is 12.7. The molecule has 1 amide bonds. The maximum Gasteiger partial charge on any atom is 0.410 e. The van der Waals surface area contributed by atoms with Crippen molar-refractivity contribution in [3.8, 4) is 17.3 Å². The minimum absolute atomic E-state index is 0.166. The monoisotopic (exact) mass is 825 g/mol. The van der Waals surface area contributed by atoms with Crippen LogP contribution in [0.2, 0.25) is 35.7 Å². The highest BCUT2D eigenvalue weighted by Gasteiger charge is 2.34. The lowest BCUT2D eigenvalue weighted by Crippen LogP contribution is -2.43. The van der Waals surface area contributed by atoms with Crippen LogP contribution in [-0.4, -0.2) is 86.7 Å². The molecular weight excluding hydrogens is 769 g/mol. The third-order valence-corrected chi connectivity index (χ3v) is 13.1. The standard InChI is InChI=1S/C41H57Cl2N7O5Si/c1-27(37-31(42)21-44-22-32(37)43)54-29-11-12-34-30(20-29)38(46-50(34)36-10-8-9-17-53-36)39-45-33-24-47(25-35(33)49(39)26-52-18-19-56(5,6)7)23-28-13-15-48(16-14-28)40(51)55-41(2,3)4/h11-12,20-22,27-28,36H,8-10,13-19,23-26H2,1-7H3. The van der Waals surface area contributed by atoms with Gasteiger partial charge in [0.1, 0.15) is 29.9 Å². The van der Waals surface area contributed by atoms with E-state index in [0.717, 1.165) is 85.9 Å². The molecule has 12 nitrogen and oxygen atoms in total. The fourth-order valence-electron chi connectivity index (χ4n) is 7.86. The summed E-state index contributed by atoms with van der Waals surface area (Å²) in [6, 6.07) is 7.15. The fraction of sp³-hybridized carbons (Fsp3) is 0.610. The van der Waals surface area contributed by atoms with Crippen LogP contribution >= 0.6 is 23.2 Å². The van der Waals surface area contributed by atoms with E-state index in [-0.39, 0.29) is 12.3 Å². The fourth-order valence-corrected chi connectivity index (χ4v) is 9.29. The molecule has 3 aromatic heterocycles. The average molecular weight is 827 g/mol. The Bertz CT molecular complexity index is 1990. The van der Waals surface area contributed by atoms with Crippen molar-refractivity contribution in [2.45, 2.75) is 123 Å². The number of amides is 1. The van der Waals surface area contributed by atoms with Crippen LogP contribution in [0.5, 0.6) is 5.75 Å². The van der Waals surface area contributed by atoms with Crippen LogP contribution in [-0.2, 0) is 34.0 Å². The molecule has 56 heavy (non-hydrogen) atoms. The first-order valence-corrected chi connectivity index (χ1v) is 24.6. The van der Waals surface area contributed by atoms with Gasteiger partial charge < -0.3 is 28.4 Å². The Hall–Kier alpha value is -3.20. The van der Waals surface area contributed by atoms with Crippen LogP contribution in [0.3, 0.4) is 0 Å². The number of hydrogen-bond donors (Lipinski definition) is 0. The molecule has 304 valence electrons. The molecule has 0 radical (unpaired) electrons. The predicted octanol–water partition coefficient (Wildman–Crippen LogP) is 9.72. The molecule has 0 aliphatic carbocycles. The van der Waals surface area contributed by atoms with E-state index in [4.69, 9.17) is 52.2 Å². The molecule has 7 rings (SSSR count). The van der Waals surface area contributed by atoms with Crippen molar-refractivity contribution in [3.63, 3.8) is 0 Å². The zero-order chi connectivity index (χ0) is 39.8. The number of likely N-dealkylation sites (tertiary alicyclic amines) is 1. The first-order valence-electron chi connectivity index (χ1n) is 20.1. The summed E-state index contributed by atoms with van der Waals surface area (Å²) in [6.07, 6.45) is 7.28. The van der Waals surface area contributed by atoms with Gasteiger partial charge in [-0.1, -0.05) is 42.8 Å². The number of halogens is 2. The molecule has 1 aromatic carbocycles. The molecule has 2 saturated heterocycles. The van der Waals surface area contributed by atoms with Crippen molar-refractivity contribution in [1.82, 2.24) is 34.1 Å². The third kappa shape index (κ3) is 9.56. The number of imidazole rings is 1.